The van der Waals surface area contributed by atoms with Crippen LogP contribution in [-0.4, -0.2) is 0 Å². The molecule has 0 aliphatic rings. The highest BCUT2D eigenvalue weighted by molar-refractivity contribution is 6.14. The van der Waals surface area contributed by atoms with Crippen molar-refractivity contribution in [2.24, 2.45) is 0 Å². The summed E-state index contributed by atoms with van der Waals surface area (Å²) in [6.45, 7) is 0. The van der Waals surface area contributed by atoms with Gasteiger partial charge in [-0.25, -0.2) is 0 Å². The number of para-hydroxylation sites is 1. The number of nitrogens with two attached hydrogens (primary N) is 2. The summed E-state index contributed by atoms with van der Waals surface area (Å²) in [6, 6.07) is 13.5. The molecule has 0 spiro atoms. The number of benzene rings is 2. The Morgan fingerprint density at radius 3 is 2.67 bits per heavy atom. The molecular weight excluding hydrogens is 264 g/mol. The zero-order valence-electron chi connectivity index (χ0n) is 11.3. The topological polar surface area (TPSA) is 78.3 Å². The first-order valence-corrected chi connectivity index (χ1v) is 6.74. The van der Waals surface area contributed by atoms with Crippen LogP contribution in [0.4, 0.5) is 11.4 Å². The third-order valence-electron chi connectivity index (χ3n) is 3.75. The molecule has 0 saturated heterocycles. The monoisotopic (exact) mass is 278 g/mol. The molecule has 2 aromatic heterocycles. The minimum atomic E-state index is 0.594. The normalized spacial score (nSPS) is 11.4. The molecule has 0 aliphatic heterocycles. The molecule has 4 nitrogen and oxygen atoms in total. The summed E-state index contributed by atoms with van der Waals surface area (Å²) < 4.78 is 11.2. The van der Waals surface area contributed by atoms with Gasteiger partial charge in [0, 0.05) is 17.5 Å². The molecule has 4 N–H and O–H groups in total. The van der Waals surface area contributed by atoms with Gasteiger partial charge >= 0.3 is 0 Å². The maximum atomic E-state index is 6.36. The van der Waals surface area contributed by atoms with Gasteiger partial charge in [-0.15, -0.1) is 0 Å². The molecular formula is C17H14N2O2. The first-order valence-electron chi connectivity index (χ1n) is 6.74. The van der Waals surface area contributed by atoms with Gasteiger partial charge in [0.15, 0.2) is 5.58 Å². The van der Waals surface area contributed by atoms with E-state index in [-0.39, 0.29) is 0 Å². The van der Waals surface area contributed by atoms with Crippen molar-refractivity contribution in [3.63, 3.8) is 0 Å². The average molecular weight is 278 g/mol. The van der Waals surface area contributed by atoms with E-state index in [1.165, 1.54) is 0 Å². The standard InChI is InChI=1S/C17H14N2O2/c18-13-9-10(8-11-4-3-7-20-11)16(19)15-12-5-1-2-6-14(12)21-17(13)15/h1-7,9H,8,18-19H2. The van der Waals surface area contributed by atoms with Crippen molar-refractivity contribution in [3.8, 4) is 0 Å². The number of furan rings is 2. The highest BCUT2D eigenvalue weighted by Crippen LogP contribution is 2.38. The zero-order chi connectivity index (χ0) is 14.4. The van der Waals surface area contributed by atoms with Gasteiger partial charge in [0.1, 0.15) is 11.3 Å². The molecule has 0 fully saturated rings. The minimum absolute atomic E-state index is 0.594. The van der Waals surface area contributed by atoms with Crippen LogP contribution in [0.2, 0.25) is 0 Å². The number of hydrogen-bond acceptors (Lipinski definition) is 4. The summed E-state index contributed by atoms with van der Waals surface area (Å²) in [7, 11) is 0. The largest absolute Gasteiger partial charge is 0.469 e. The number of fused-ring (bicyclic) bond motifs is 3. The van der Waals surface area contributed by atoms with Crippen LogP contribution in [0, 0.1) is 0 Å². The van der Waals surface area contributed by atoms with Crippen molar-refractivity contribution >= 4 is 33.3 Å². The molecule has 0 bridgehead atoms. The van der Waals surface area contributed by atoms with E-state index in [0.717, 1.165) is 27.7 Å². The second-order valence-corrected chi connectivity index (χ2v) is 5.10. The Balaban J connectivity index is 2.01. The molecule has 0 atom stereocenters. The van der Waals surface area contributed by atoms with E-state index in [0.29, 0.717) is 23.4 Å². The van der Waals surface area contributed by atoms with E-state index in [4.69, 9.17) is 20.3 Å². The number of anilines is 2. The summed E-state index contributed by atoms with van der Waals surface area (Å²) >= 11 is 0. The Labute approximate surface area is 120 Å². The fraction of sp³-hybridized carbons (Fsp3) is 0.0588. The van der Waals surface area contributed by atoms with Crippen LogP contribution in [0.25, 0.3) is 21.9 Å². The summed E-state index contributed by atoms with van der Waals surface area (Å²) in [4.78, 5) is 0. The number of rotatable bonds is 2. The second-order valence-electron chi connectivity index (χ2n) is 5.10. The predicted octanol–water partition coefficient (Wildman–Crippen LogP) is 3.93. The fourth-order valence-electron chi connectivity index (χ4n) is 2.75. The summed E-state index contributed by atoms with van der Waals surface area (Å²) in [5.74, 6) is 0.855. The lowest BCUT2D eigenvalue weighted by Gasteiger charge is -2.07. The Hall–Kier alpha value is -2.88. The molecule has 0 saturated carbocycles. The van der Waals surface area contributed by atoms with Gasteiger partial charge < -0.3 is 20.3 Å². The predicted molar refractivity (Wildman–Crippen MR) is 84.1 cm³/mol. The van der Waals surface area contributed by atoms with Crippen molar-refractivity contribution < 1.29 is 8.83 Å². The zero-order valence-corrected chi connectivity index (χ0v) is 11.3. The lowest BCUT2D eigenvalue weighted by atomic mass is 10.0. The maximum Gasteiger partial charge on any atom is 0.160 e. The number of hydrogen-bond donors (Lipinski definition) is 2. The van der Waals surface area contributed by atoms with E-state index < -0.39 is 0 Å². The quantitative estimate of drug-likeness (QED) is 0.544. The molecule has 4 heteroatoms. The highest BCUT2D eigenvalue weighted by Gasteiger charge is 2.16. The van der Waals surface area contributed by atoms with Gasteiger partial charge in [-0.05, 0) is 29.8 Å². The highest BCUT2D eigenvalue weighted by atomic mass is 16.3. The fourth-order valence-corrected chi connectivity index (χ4v) is 2.75. The van der Waals surface area contributed by atoms with E-state index in [2.05, 4.69) is 0 Å². The SMILES string of the molecule is Nc1cc(Cc2ccco2)c(N)c2c1oc1ccccc12. The molecule has 0 aliphatic carbocycles. The first kappa shape index (κ1) is 11.9. The van der Waals surface area contributed by atoms with Crippen LogP contribution in [0.15, 0.2) is 57.6 Å². The van der Waals surface area contributed by atoms with E-state index in [1.807, 2.05) is 42.5 Å². The summed E-state index contributed by atoms with van der Waals surface area (Å²) in [5.41, 5.74) is 16.2. The van der Waals surface area contributed by atoms with Gasteiger partial charge in [-0.3, -0.25) is 0 Å². The lowest BCUT2D eigenvalue weighted by molar-refractivity contribution is 0.521. The van der Waals surface area contributed by atoms with Gasteiger partial charge in [0.05, 0.1) is 17.3 Å². The average Bonchev–Trinajstić information content (AvgIpc) is 3.11. The molecule has 104 valence electrons. The third kappa shape index (κ3) is 1.76. The molecule has 4 rings (SSSR count). The van der Waals surface area contributed by atoms with E-state index in [9.17, 15) is 0 Å². The number of nitrogen functional groups attached to an aromatic ring is 2. The summed E-state index contributed by atoms with van der Waals surface area (Å²) in [6.07, 6.45) is 2.26. The van der Waals surface area contributed by atoms with Crippen LogP contribution in [0.3, 0.4) is 0 Å². The van der Waals surface area contributed by atoms with Crippen LogP contribution in [0.1, 0.15) is 11.3 Å². The lowest BCUT2D eigenvalue weighted by Crippen LogP contribution is -1.98. The van der Waals surface area contributed by atoms with Crippen LogP contribution in [-0.2, 0) is 6.42 Å². The van der Waals surface area contributed by atoms with Gasteiger partial charge in [0.25, 0.3) is 0 Å². The Morgan fingerprint density at radius 1 is 1.00 bits per heavy atom. The van der Waals surface area contributed by atoms with Crippen molar-refractivity contribution in [1.82, 2.24) is 0 Å². The van der Waals surface area contributed by atoms with Crippen molar-refractivity contribution in [2.75, 3.05) is 11.5 Å². The molecule has 2 aromatic carbocycles. The van der Waals surface area contributed by atoms with Gasteiger partial charge in [-0.1, -0.05) is 18.2 Å². The Kier molecular flexibility index (Phi) is 2.44. The Morgan fingerprint density at radius 2 is 1.86 bits per heavy atom. The maximum absolute atomic E-state index is 6.36. The molecule has 0 radical (unpaired) electrons. The van der Waals surface area contributed by atoms with E-state index in [1.54, 1.807) is 6.26 Å². The van der Waals surface area contributed by atoms with Crippen molar-refractivity contribution in [3.05, 3.63) is 60.1 Å². The Bertz CT molecular complexity index is 936. The van der Waals surface area contributed by atoms with Crippen LogP contribution < -0.4 is 11.5 Å². The van der Waals surface area contributed by atoms with Crippen molar-refractivity contribution in [1.29, 1.82) is 0 Å². The molecule has 0 unspecified atom stereocenters. The summed E-state index contributed by atoms with van der Waals surface area (Å²) in [5, 5.41) is 1.87. The smallest absolute Gasteiger partial charge is 0.160 e. The van der Waals surface area contributed by atoms with Crippen molar-refractivity contribution in [2.45, 2.75) is 6.42 Å². The van der Waals surface area contributed by atoms with Crippen LogP contribution >= 0.6 is 0 Å². The minimum Gasteiger partial charge on any atom is -0.469 e. The molecule has 21 heavy (non-hydrogen) atoms. The van der Waals surface area contributed by atoms with Crippen LogP contribution in [0.5, 0.6) is 0 Å². The first-order chi connectivity index (χ1) is 10.2. The second kappa shape index (κ2) is 4.31. The molecule has 4 aromatic rings. The molecule has 2 heterocycles. The van der Waals surface area contributed by atoms with E-state index >= 15 is 0 Å². The van der Waals surface area contributed by atoms with Gasteiger partial charge in [-0.2, -0.15) is 0 Å². The van der Waals surface area contributed by atoms with Gasteiger partial charge in [0.2, 0.25) is 0 Å². The molecule has 0 amide bonds. The third-order valence-corrected chi connectivity index (χ3v) is 3.75.